The van der Waals surface area contributed by atoms with E-state index >= 15 is 0 Å². The van der Waals surface area contributed by atoms with Crippen molar-refractivity contribution < 1.29 is 20.1 Å². The molecule has 4 nitrogen and oxygen atoms in total. The van der Waals surface area contributed by atoms with E-state index in [0.717, 1.165) is 0 Å². The number of aliphatic hydroxyl groups is 2. The standard InChI is InChI=1S/C6H12O4/c1-3(2)4(7)5(8)6(9)10/h3-5,7-8H,1-2H3,(H,9,10)/t4-,5-/m0/s1. The van der Waals surface area contributed by atoms with Gasteiger partial charge in [-0.05, 0) is 5.92 Å². The van der Waals surface area contributed by atoms with Crippen molar-refractivity contribution in [2.45, 2.75) is 26.1 Å². The van der Waals surface area contributed by atoms with Crippen molar-refractivity contribution in [2.24, 2.45) is 5.92 Å². The molecule has 0 spiro atoms. The normalized spacial score (nSPS) is 16.9. The molecule has 0 saturated heterocycles. The summed E-state index contributed by atoms with van der Waals surface area (Å²) in [5, 5.41) is 25.8. The topological polar surface area (TPSA) is 77.8 Å². The second-order valence-corrected chi connectivity index (χ2v) is 2.52. The first-order valence-corrected chi connectivity index (χ1v) is 3.05. The molecule has 0 aliphatic heterocycles. The van der Waals surface area contributed by atoms with Crippen LogP contribution in [0.5, 0.6) is 0 Å². The van der Waals surface area contributed by atoms with Crippen LogP contribution in [0.15, 0.2) is 0 Å². The third-order valence-electron chi connectivity index (χ3n) is 1.26. The lowest BCUT2D eigenvalue weighted by Gasteiger charge is -2.16. The number of hydrogen-bond acceptors (Lipinski definition) is 3. The van der Waals surface area contributed by atoms with Gasteiger partial charge < -0.3 is 15.3 Å². The summed E-state index contributed by atoms with van der Waals surface area (Å²) in [6, 6.07) is 0. The van der Waals surface area contributed by atoms with Gasteiger partial charge in [0.25, 0.3) is 0 Å². The van der Waals surface area contributed by atoms with Crippen LogP contribution in [0.1, 0.15) is 13.8 Å². The lowest BCUT2D eigenvalue weighted by Crippen LogP contribution is -2.37. The summed E-state index contributed by atoms with van der Waals surface area (Å²) < 4.78 is 0. The van der Waals surface area contributed by atoms with E-state index in [-0.39, 0.29) is 5.92 Å². The van der Waals surface area contributed by atoms with Crippen molar-refractivity contribution >= 4 is 5.97 Å². The first-order valence-electron chi connectivity index (χ1n) is 3.05. The van der Waals surface area contributed by atoms with Crippen molar-refractivity contribution in [3.8, 4) is 0 Å². The molecule has 0 aromatic heterocycles. The minimum atomic E-state index is -1.67. The highest BCUT2D eigenvalue weighted by molar-refractivity contribution is 5.72. The maximum atomic E-state index is 10.0. The maximum absolute atomic E-state index is 10.0. The van der Waals surface area contributed by atoms with Crippen LogP contribution in [-0.2, 0) is 4.79 Å². The van der Waals surface area contributed by atoms with Gasteiger partial charge in [-0.25, -0.2) is 4.79 Å². The number of carbonyl (C=O) groups is 1. The Hall–Kier alpha value is -0.610. The lowest BCUT2D eigenvalue weighted by molar-refractivity contribution is -0.154. The molecular weight excluding hydrogens is 136 g/mol. The van der Waals surface area contributed by atoms with E-state index in [0.29, 0.717) is 0 Å². The third kappa shape index (κ3) is 2.33. The Balaban J connectivity index is 3.94. The minimum Gasteiger partial charge on any atom is -0.479 e. The van der Waals surface area contributed by atoms with Crippen molar-refractivity contribution in [3.05, 3.63) is 0 Å². The molecule has 0 aliphatic carbocycles. The van der Waals surface area contributed by atoms with Gasteiger partial charge in [-0.3, -0.25) is 0 Å². The summed E-state index contributed by atoms with van der Waals surface area (Å²) in [5.74, 6) is -1.63. The van der Waals surface area contributed by atoms with E-state index in [1.165, 1.54) is 0 Å². The van der Waals surface area contributed by atoms with Gasteiger partial charge in [0.05, 0.1) is 6.10 Å². The van der Waals surface area contributed by atoms with Crippen LogP contribution < -0.4 is 0 Å². The average Bonchev–Trinajstić information content (AvgIpc) is 1.84. The molecule has 10 heavy (non-hydrogen) atoms. The van der Waals surface area contributed by atoms with Gasteiger partial charge in [-0.15, -0.1) is 0 Å². The first kappa shape index (κ1) is 9.39. The van der Waals surface area contributed by atoms with Crippen LogP contribution in [0.2, 0.25) is 0 Å². The van der Waals surface area contributed by atoms with E-state index < -0.39 is 18.2 Å². The average molecular weight is 148 g/mol. The minimum absolute atomic E-state index is 0.244. The summed E-state index contributed by atoms with van der Waals surface area (Å²) in [4.78, 5) is 10.0. The largest absolute Gasteiger partial charge is 0.479 e. The molecule has 0 aromatic rings. The molecule has 60 valence electrons. The Labute approximate surface area is 59.1 Å². The zero-order valence-corrected chi connectivity index (χ0v) is 5.98. The molecule has 0 bridgehead atoms. The van der Waals surface area contributed by atoms with Crippen LogP contribution in [0.3, 0.4) is 0 Å². The third-order valence-corrected chi connectivity index (χ3v) is 1.26. The molecule has 0 heterocycles. The van der Waals surface area contributed by atoms with Crippen molar-refractivity contribution in [1.29, 1.82) is 0 Å². The number of rotatable bonds is 3. The lowest BCUT2D eigenvalue weighted by atomic mass is 10.0. The summed E-state index contributed by atoms with van der Waals surface area (Å²) in [7, 11) is 0. The van der Waals surface area contributed by atoms with Gasteiger partial charge in [0, 0.05) is 0 Å². The molecule has 2 atom stereocenters. The number of hydrogen-bond donors (Lipinski definition) is 3. The quantitative estimate of drug-likeness (QED) is 0.501. The Kier molecular flexibility index (Phi) is 3.32. The number of aliphatic carboxylic acids is 1. The summed E-state index contributed by atoms with van der Waals surface area (Å²) >= 11 is 0. The van der Waals surface area contributed by atoms with Crippen LogP contribution >= 0.6 is 0 Å². The van der Waals surface area contributed by atoms with Gasteiger partial charge >= 0.3 is 5.97 Å². The van der Waals surface area contributed by atoms with Gasteiger partial charge in [-0.2, -0.15) is 0 Å². The molecule has 4 heteroatoms. The zero-order valence-electron chi connectivity index (χ0n) is 5.98. The van der Waals surface area contributed by atoms with Crippen LogP contribution in [0, 0.1) is 5.92 Å². The number of carboxylic acids is 1. The molecule has 0 rings (SSSR count). The predicted octanol–water partition coefficient (Wildman–Crippen LogP) is -0.551. The molecular formula is C6H12O4. The SMILES string of the molecule is CC(C)[C@H](O)[C@H](O)C(=O)O. The highest BCUT2D eigenvalue weighted by Gasteiger charge is 2.25. The van der Waals surface area contributed by atoms with E-state index in [2.05, 4.69) is 0 Å². The van der Waals surface area contributed by atoms with Crippen molar-refractivity contribution in [2.75, 3.05) is 0 Å². The molecule has 0 unspecified atom stereocenters. The van der Waals surface area contributed by atoms with Gasteiger partial charge in [0.1, 0.15) is 0 Å². The fourth-order valence-electron chi connectivity index (χ4n) is 0.511. The highest BCUT2D eigenvalue weighted by atomic mass is 16.4. The summed E-state index contributed by atoms with van der Waals surface area (Å²) in [6.45, 7) is 3.27. The molecule has 0 fully saturated rings. The fraction of sp³-hybridized carbons (Fsp3) is 0.833. The molecule has 3 N–H and O–H groups in total. The Morgan fingerprint density at radius 2 is 1.70 bits per heavy atom. The monoisotopic (exact) mass is 148 g/mol. The maximum Gasteiger partial charge on any atom is 0.335 e. The van der Waals surface area contributed by atoms with E-state index in [1.54, 1.807) is 13.8 Å². The van der Waals surface area contributed by atoms with Gasteiger partial charge in [0.15, 0.2) is 6.10 Å². The Bertz CT molecular complexity index is 121. The van der Waals surface area contributed by atoms with Crippen molar-refractivity contribution in [3.63, 3.8) is 0 Å². The van der Waals surface area contributed by atoms with Gasteiger partial charge in [-0.1, -0.05) is 13.8 Å². The number of carboxylic acid groups (broad SMARTS) is 1. The molecule has 0 amide bonds. The molecule has 0 saturated carbocycles. The zero-order chi connectivity index (χ0) is 8.31. The molecule has 0 aliphatic rings. The highest BCUT2D eigenvalue weighted by Crippen LogP contribution is 2.05. The first-order chi connectivity index (χ1) is 4.46. The van der Waals surface area contributed by atoms with Crippen LogP contribution in [0.25, 0.3) is 0 Å². The van der Waals surface area contributed by atoms with E-state index in [1.807, 2.05) is 0 Å². The molecule has 0 radical (unpaired) electrons. The Morgan fingerprint density at radius 1 is 1.30 bits per heavy atom. The molecule has 0 aromatic carbocycles. The second-order valence-electron chi connectivity index (χ2n) is 2.52. The summed E-state index contributed by atoms with van der Waals surface area (Å²) in [5.41, 5.74) is 0. The van der Waals surface area contributed by atoms with Gasteiger partial charge in [0.2, 0.25) is 0 Å². The van der Waals surface area contributed by atoms with Crippen LogP contribution in [0.4, 0.5) is 0 Å². The smallest absolute Gasteiger partial charge is 0.335 e. The van der Waals surface area contributed by atoms with E-state index in [4.69, 9.17) is 15.3 Å². The fourth-order valence-corrected chi connectivity index (χ4v) is 0.511. The predicted molar refractivity (Wildman–Crippen MR) is 34.5 cm³/mol. The van der Waals surface area contributed by atoms with Crippen molar-refractivity contribution in [1.82, 2.24) is 0 Å². The van der Waals surface area contributed by atoms with Crippen LogP contribution in [-0.4, -0.2) is 33.5 Å². The second kappa shape index (κ2) is 3.53. The summed E-state index contributed by atoms with van der Waals surface area (Å²) in [6.07, 6.45) is -2.85. The Morgan fingerprint density at radius 3 is 1.80 bits per heavy atom. The number of aliphatic hydroxyl groups excluding tert-OH is 2. The van der Waals surface area contributed by atoms with E-state index in [9.17, 15) is 4.79 Å².